The smallest absolute Gasteiger partial charge is 0.00264 e. The van der Waals surface area contributed by atoms with Gasteiger partial charge in [0.15, 0.2) is 0 Å². The number of rotatable bonds is 3. The Morgan fingerprint density at radius 2 is 0.580 bits per heavy atom. The van der Waals surface area contributed by atoms with E-state index in [2.05, 4.69) is 198 Å². The summed E-state index contributed by atoms with van der Waals surface area (Å²) in [6.45, 7) is 8.64. The van der Waals surface area contributed by atoms with Gasteiger partial charge in [-0.25, -0.2) is 0 Å². The van der Waals surface area contributed by atoms with Crippen molar-refractivity contribution in [3.8, 4) is 33.4 Å². The van der Waals surface area contributed by atoms with Crippen LogP contribution in [0.25, 0.3) is 76.5 Å². The molecule has 0 atom stereocenters. The van der Waals surface area contributed by atoms with Crippen molar-refractivity contribution in [3.05, 3.63) is 192 Å². The van der Waals surface area contributed by atoms with Crippen LogP contribution in [-0.4, -0.2) is 0 Å². The van der Waals surface area contributed by atoms with Gasteiger partial charge in [-0.05, 0) is 115 Å². The fourth-order valence-corrected chi connectivity index (χ4v) is 7.58. The van der Waals surface area contributed by atoms with Crippen LogP contribution in [0.15, 0.2) is 170 Å². The molecule has 50 heavy (non-hydrogen) atoms. The van der Waals surface area contributed by atoms with E-state index in [0.29, 0.717) is 0 Å². The van der Waals surface area contributed by atoms with E-state index in [1.807, 2.05) is 0 Å². The van der Waals surface area contributed by atoms with Crippen LogP contribution >= 0.6 is 0 Å². The van der Waals surface area contributed by atoms with Gasteiger partial charge in [-0.2, -0.15) is 0 Å². The molecule has 0 bridgehead atoms. The molecule has 0 nitrogen and oxygen atoms in total. The Kier molecular flexibility index (Phi) is 8.23. The number of hydrogen-bond acceptors (Lipinski definition) is 0. The van der Waals surface area contributed by atoms with Crippen LogP contribution in [0.1, 0.15) is 22.3 Å². The summed E-state index contributed by atoms with van der Waals surface area (Å²) < 4.78 is 0. The molecule has 240 valence electrons. The highest BCUT2D eigenvalue weighted by molar-refractivity contribution is 6.21. The monoisotopic (exact) mass is 640 g/mol. The molecule has 0 spiro atoms. The Morgan fingerprint density at radius 1 is 0.240 bits per heavy atom. The molecule has 0 unspecified atom stereocenters. The maximum atomic E-state index is 2.26. The van der Waals surface area contributed by atoms with Crippen molar-refractivity contribution in [2.24, 2.45) is 0 Å². The van der Waals surface area contributed by atoms with Gasteiger partial charge in [0, 0.05) is 0 Å². The zero-order valence-corrected chi connectivity index (χ0v) is 29.2. The molecule has 0 heteroatoms. The average Bonchev–Trinajstić information content (AvgIpc) is 3.15. The molecule has 9 rings (SSSR count). The summed E-state index contributed by atoms with van der Waals surface area (Å²) >= 11 is 0. The van der Waals surface area contributed by atoms with E-state index < -0.39 is 0 Å². The molecule has 0 fully saturated rings. The predicted molar refractivity (Wildman–Crippen MR) is 218 cm³/mol. The van der Waals surface area contributed by atoms with E-state index in [-0.39, 0.29) is 0 Å². The van der Waals surface area contributed by atoms with Gasteiger partial charge in [0.2, 0.25) is 0 Å². The van der Waals surface area contributed by atoms with Gasteiger partial charge in [-0.15, -0.1) is 0 Å². The second-order valence-electron chi connectivity index (χ2n) is 13.5. The summed E-state index contributed by atoms with van der Waals surface area (Å²) in [4.78, 5) is 0. The Labute approximate surface area is 295 Å². The number of fused-ring (bicyclic) bond motifs is 4. The van der Waals surface area contributed by atoms with Crippen molar-refractivity contribution < 1.29 is 0 Å². The Bertz CT molecular complexity index is 2460. The standard InChI is InChI=1S/C28H22.C22H18/c1-19-11-15-21(16-12-19)27-23-7-3-5-9-25(23)28(22-17-13-20(2)14-18-22)26-10-6-4-8-24(26)27;1-15-7-5-11-20-18(15)10-6-12-21(20)22-14-13-16(2)17-8-3-4-9-19(17)22/h3-18H,1-2H3;3-14H,1-2H3. The van der Waals surface area contributed by atoms with Crippen molar-refractivity contribution in [3.63, 3.8) is 0 Å². The minimum absolute atomic E-state index is 1.27. The molecule has 0 N–H and O–H groups in total. The lowest BCUT2D eigenvalue weighted by atomic mass is 9.86. The zero-order valence-electron chi connectivity index (χ0n) is 29.2. The second-order valence-corrected chi connectivity index (χ2v) is 13.5. The lowest BCUT2D eigenvalue weighted by Gasteiger charge is -2.17. The lowest BCUT2D eigenvalue weighted by Crippen LogP contribution is -1.90. The van der Waals surface area contributed by atoms with E-state index in [0.717, 1.165) is 0 Å². The van der Waals surface area contributed by atoms with Crippen LogP contribution in [0.4, 0.5) is 0 Å². The van der Waals surface area contributed by atoms with Gasteiger partial charge in [0.25, 0.3) is 0 Å². The third-order valence-corrected chi connectivity index (χ3v) is 10.2. The summed E-state index contributed by atoms with van der Waals surface area (Å²) in [5, 5.41) is 10.6. The van der Waals surface area contributed by atoms with Gasteiger partial charge < -0.3 is 0 Å². The number of hydrogen-bond donors (Lipinski definition) is 0. The first kappa shape index (κ1) is 31.3. The molecule has 0 aliphatic carbocycles. The van der Waals surface area contributed by atoms with Crippen LogP contribution in [0, 0.1) is 27.7 Å². The van der Waals surface area contributed by atoms with Crippen LogP contribution in [-0.2, 0) is 0 Å². The fraction of sp³-hybridized carbons (Fsp3) is 0.0800. The molecule has 0 amide bonds. The molecular weight excluding hydrogens is 601 g/mol. The van der Waals surface area contributed by atoms with Crippen molar-refractivity contribution in [1.82, 2.24) is 0 Å². The van der Waals surface area contributed by atoms with E-state index in [1.165, 1.54) is 98.7 Å². The minimum Gasteiger partial charge on any atom is -0.0616 e. The largest absolute Gasteiger partial charge is 0.0616 e. The topological polar surface area (TPSA) is 0 Å². The van der Waals surface area contributed by atoms with Crippen LogP contribution < -0.4 is 0 Å². The molecule has 9 aromatic carbocycles. The summed E-state index contributed by atoms with van der Waals surface area (Å²) in [5.74, 6) is 0. The molecule has 9 aromatic rings. The van der Waals surface area contributed by atoms with Crippen molar-refractivity contribution in [2.45, 2.75) is 27.7 Å². The Morgan fingerprint density at radius 3 is 1.06 bits per heavy atom. The molecular formula is C50H40. The normalized spacial score (nSPS) is 11.2. The van der Waals surface area contributed by atoms with Crippen LogP contribution in [0.2, 0.25) is 0 Å². The van der Waals surface area contributed by atoms with E-state index >= 15 is 0 Å². The first-order chi connectivity index (χ1) is 24.5. The molecule has 0 aliphatic rings. The SMILES string of the molecule is Cc1ccc(-c2c3ccccc3c(-c3ccc(C)cc3)c3ccccc23)cc1.Cc1cccc2c(-c3ccc(C)c4ccccc34)cccc12. The highest BCUT2D eigenvalue weighted by atomic mass is 14.2. The summed E-state index contributed by atoms with van der Waals surface area (Å²) in [5.41, 5.74) is 13.1. The number of aryl methyl sites for hydroxylation is 4. The van der Waals surface area contributed by atoms with Gasteiger partial charge in [-0.1, -0.05) is 181 Å². The first-order valence-electron chi connectivity index (χ1n) is 17.5. The highest BCUT2D eigenvalue weighted by Gasteiger charge is 2.16. The van der Waals surface area contributed by atoms with Gasteiger partial charge in [-0.3, -0.25) is 0 Å². The van der Waals surface area contributed by atoms with E-state index in [9.17, 15) is 0 Å². The molecule has 0 aliphatic heterocycles. The molecule has 0 aromatic heterocycles. The third-order valence-electron chi connectivity index (χ3n) is 10.2. The second kappa shape index (κ2) is 13.1. The van der Waals surface area contributed by atoms with E-state index in [1.54, 1.807) is 0 Å². The Hall–Kier alpha value is -5.98. The number of benzene rings is 9. The van der Waals surface area contributed by atoms with Crippen molar-refractivity contribution in [1.29, 1.82) is 0 Å². The molecule has 0 saturated heterocycles. The van der Waals surface area contributed by atoms with Gasteiger partial charge in [0.1, 0.15) is 0 Å². The van der Waals surface area contributed by atoms with Crippen LogP contribution in [0.3, 0.4) is 0 Å². The zero-order chi connectivity index (χ0) is 34.2. The molecule has 0 radical (unpaired) electrons. The van der Waals surface area contributed by atoms with Crippen molar-refractivity contribution >= 4 is 43.1 Å². The fourth-order valence-electron chi connectivity index (χ4n) is 7.58. The van der Waals surface area contributed by atoms with Crippen molar-refractivity contribution in [2.75, 3.05) is 0 Å². The summed E-state index contributed by atoms with van der Waals surface area (Å²) in [6, 6.07) is 61.8. The average molecular weight is 641 g/mol. The molecule has 0 saturated carbocycles. The maximum Gasteiger partial charge on any atom is -0.00264 e. The summed E-state index contributed by atoms with van der Waals surface area (Å²) in [7, 11) is 0. The minimum atomic E-state index is 1.27. The quantitative estimate of drug-likeness (QED) is 0.169. The highest BCUT2D eigenvalue weighted by Crippen LogP contribution is 2.43. The van der Waals surface area contributed by atoms with Gasteiger partial charge in [0.05, 0.1) is 0 Å². The summed E-state index contributed by atoms with van der Waals surface area (Å²) in [6.07, 6.45) is 0. The first-order valence-corrected chi connectivity index (χ1v) is 17.5. The van der Waals surface area contributed by atoms with E-state index in [4.69, 9.17) is 0 Å². The van der Waals surface area contributed by atoms with Crippen LogP contribution in [0.5, 0.6) is 0 Å². The Balaban J connectivity index is 0.000000149. The third kappa shape index (κ3) is 5.63. The lowest BCUT2D eigenvalue weighted by molar-refractivity contribution is 1.47. The predicted octanol–water partition coefficient (Wildman–Crippen LogP) is 14.2. The van der Waals surface area contributed by atoms with Gasteiger partial charge >= 0.3 is 0 Å². The molecule has 0 heterocycles. The maximum absolute atomic E-state index is 2.26.